The first-order chi connectivity index (χ1) is 34.8. The van der Waals surface area contributed by atoms with Crippen LogP contribution in [-0.2, 0) is 31.1 Å². The van der Waals surface area contributed by atoms with E-state index in [9.17, 15) is 9.59 Å². The standard InChI is InChI=1S/C66H82N4O4/c1-41-35-47(23-33-55(41)69-61(71)73-53-37-57(67-39-53)59(43-15-25-49(26-16-43)63(3,4)5)44-17-27-50(28-18-44)64(6,7)8)48-24-34-56(42(2)36-48)70-62(72)74-54-38-58(68-40-54)60(45-19-29-51(30-20-45)65(9,10)11)46-21-31-52(32-22-46)66(12,13)14/h15-36,53-54,57-60,67-68H,37-40H2,1-14H3,(H,69,71)(H,70,72)/t53-,54-,57-,58-/m1/s1. The Morgan fingerprint density at radius 2 is 0.703 bits per heavy atom. The third kappa shape index (κ3) is 13.0. The molecule has 0 aliphatic carbocycles. The smallest absolute Gasteiger partial charge is 0.411 e. The number of rotatable bonds is 11. The maximum Gasteiger partial charge on any atom is 0.411 e. The normalized spacial score (nSPS) is 18.4. The molecule has 8 rings (SSSR count). The topological polar surface area (TPSA) is 101 Å². The van der Waals surface area contributed by atoms with Crippen LogP contribution in [0.4, 0.5) is 21.0 Å². The third-order valence-corrected chi connectivity index (χ3v) is 15.4. The van der Waals surface area contributed by atoms with E-state index in [0.29, 0.717) is 37.3 Å². The van der Waals surface area contributed by atoms with Gasteiger partial charge in [0.15, 0.2) is 0 Å². The first-order valence-electron chi connectivity index (χ1n) is 26.9. The molecule has 8 nitrogen and oxygen atoms in total. The van der Waals surface area contributed by atoms with Crippen LogP contribution in [0.5, 0.6) is 0 Å². The molecule has 4 N–H and O–H groups in total. The maximum atomic E-state index is 13.5. The Morgan fingerprint density at radius 1 is 0.432 bits per heavy atom. The zero-order chi connectivity index (χ0) is 53.3. The van der Waals surface area contributed by atoms with Crippen LogP contribution in [0.2, 0.25) is 0 Å². The van der Waals surface area contributed by atoms with Crippen molar-refractivity contribution in [3.63, 3.8) is 0 Å². The molecule has 2 aliphatic heterocycles. The second-order valence-electron chi connectivity index (χ2n) is 25.3. The summed E-state index contributed by atoms with van der Waals surface area (Å²) >= 11 is 0. The fraction of sp³-hybridized carbons (Fsp3) is 0.424. The number of aryl methyl sites for hydroxylation is 2. The van der Waals surface area contributed by atoms with Gasteiger partial charge in [-0.1, -0.05) is 192 Å². The molecule has 2 saturated heterocycles. The number of carbonyl (C=O) groups is 2. The summed E-state index contributed by atoms with van der Waals surface area (Å²) in [4.78, 5) is 26.9. The highest BCUT2D eigenvalue weighted by atomic mass is 16.6. The number of hydrogen-bond donors (Lipinski definition) is 4. The van der Waals surface area contributed by atoms with Crippen LogP contribution >= 0.6 is 0 Å². The van der Waals surface area contributed by atoms with E-state index in [1.807, 2.05) is 38.1 Å². The third-order valence-electron chi connectivity index (χ3n) is 15.4. The summed E-state index contributed by atoms with van der Waals surface area (Å²) in [6, 6.07) is 48.3. The van der Waals surface area contributed by atoms with Crippen LogP contribution < -0.4 is 21.3 Å². The second kappa shape index (κ2) is 21.6. The van der Waals surface area contributed by atoms with E-state index < -0.39 is 12.2 Å². The predicted octanol–water partition coefficient (Wildman–Crippen LogP) is 15.4. The van der Waals surface area contributed by atoms with Gasteiger partial charge in [0.1, 0.15) is 12.2 Å². The highest BCUT2D eigenvalue weighted by Crippen LogP contribution is 2.38. The molecule has 2 fully saturated rings. The fourth-order valence-electron chi connectivity index (χ4n) is 10.8. The summed E-state index contributed by atoms with van der Waals surface area (Å²) in [5.74, 6) is 0.193. The minimum absolute atomic E-state index is 0.0628. The molecule has 6 aromatic rings. The van der Waals surface area contributed by atoms with Crippen molar-refractivity contribution >= 4 is 23.6 Å². The number of nitrogens with one attached hydrogen (secondary N) is 4. The molecule has 0 unspecified atom stereocenters. The van der Waals surface area contributed by atoms with E-state index in [0.717, 1.165) is 22.3 Å². The van der Waals surface area contributed by atoms with E-state index in [2.05, 4.69) is 214 Å². The SMILES string of the molecule is Cc1cc(-c2ccc(NC(=O)O[C@H]3CN[C@@H](C(c4ccc(C(C)(C)C)cc4)c4ccc(C(C)(C)C)cc4)C3)c(C)c2)ccc1NC(=O)O[C@H]1CN[C@@H](C(c2ccc(C(C)(C)C)cc2)c2ccc(C(C)(C)C)cc2)C1. The van der Waals surface area contributed by atoms with Gasteiger partial charge in [0.25, 0.3) is 0 Å². The van der Waals surface area contributed by atoms with Crippen molar-refractivity contribution in [2.24, 2.45) is 0 Å². The van der Waals surface area contributed by atoms with Crippen molar-refractivity contribution in [3.05, 3.63) is 189 Å². The molecule has 0 radical (unpaired) electrons. The Balaban J connectivity index is 0.867. The van der Waals surface area contributed by atoms with Crippen molar-refractivity contribution < 1.29 is 19.1 Å². The van der Waals surface area contributed by atoms with Gasteiger partial charge >= 0.3 is 12.2 Å². The van der Waals surface area contributed by atoms with E-state index >= 15 is 0 Å². The molecule has 0 saturated carbocycles. The first-order valence-corrected chi connectivity index (χ1v) is 26.9. The molecular formula is C66H82N4O4. The molecule has 4 atom stereocenters. The lowest BCUT2D eigenvalue weighted by Gasteiger charge is -2.27. The molecule has 2 amide bonds. The van der Waals surface area contributed by atoms with Gasteiger partial charge in [0, 0.05) is 61.2 Å². The van der Waals surface area contributed by atoms with E-state index in [4.69, 9.17) is 9.47 Å². The lowest BCUT2D eigenvalue weighted by Crippen LogP contribution is -2.30. The zero-order valence-electron chi connectivity index (χ0n) is 46.6. The van der Waals surface area contributed by atoms with Crippen molar-refractivity contribution in [2.75, 3.05) is 23.7 Å². The van der Waals surface area contributed by atoms with Crippen molar-refractivity contribution in [2.45, 2.75) is 168 Å². The average molecular weight is 995 g/mol. The van der Waals surface area contributed by atoms with Gasteiger partial charge < -0.3 is 20.1 Å². The maximum absolute atomic E-state index is 13.5. The Kier molecular flexibility index (Phi) is 15.7. The van der Waals surface area contributed by atoms with Crippen LogP contribution in [0.15, 0.2) is 133 Å². The van der Waals surface area contributed by atoms with Crippen LogP contribution in [-0.4, -0.2) is 49.6 Å². The highest BCUT2D eigenvalue weighted by Gasteiger charge is 2.37. The Hall–Kier alpha value is -6.22. The number of hydrogen-bond acceptors (Lipinski definition) is 6. The predicted molar refractivity (Wildman–Crippen MR) is 306 cm³/mol. The van der Waals surface area contributed by atoms with Crippen LogP contribution in [0.3, 0.4) is 0 Å². The quantitative estimate of drug-likeness (QED) is 0.103. The van der Waals surface area contributed by atoms with Gasteiger partial charge in [-0.15, -0.1) is 0 Å². The molecule has 0 aromatic heterocycles. The molecular weight excluding hydrogens is 913 g/mol. The van der Waals surface area contributed by atoms with Gasteiger partial charge in [0.05, 0.1) is 0 Å². The highest BCUT2D eigenvalue weighted by molar-refractivity contribution is 5.88. The molecule has 2 aliphatic rings. The van der Waals surface area contributed by atoms with E-state index in [1.165, 1.54) is 44.5 Å². The Labute approximate surface area is 442 Å². The summed E-state index contributed by atoms with van der Waals surface area (Å²) in [6.45, 7) is 32.0. The lowest BCUT2D eigenvalue weighted by molar-refractivity contribution is 0.118. The fourth-order valence-corrected chi connectivity index (χ4v) is 10.8. The Morgan fingerprint density at radius 3 is 0.946 bits per heavy atom. The summed E-state index contributed by atoms with van der Waals surface area (Å²) < 4.78 is 12.2. The monoisotopic (exact) mass is 995 g/mol. The number of carbonyl (C=O) groups excluding carboxylic acids is 2. The average Bonchev–Trinajstić information content (AvgIpc) is 3.99. The zero-order valence-corrected chi connectivity index (χ0v) is 46.6. The van der Waals surface area contributed by atoms with Crippen molar-refractivity contribution in [1.82, 2.24) is 10.6 Å². The minimum atomic E-state index is -0.465. The van der Waals surface area contributed by atoms with E-state index in [1.54, 1.807) is 0 Å². The van der Waals surface area contributed by atoms with Crippen LogP contribution in [0.1, 0.15) is 163 Å². The minimum Gasteiger partial charge on any atom is -0.445 e. The second-order valence-corrected chi connectivity index (χ2v) is 25.3. The largest absolute Gasteiger partial charge is 0.445 e. The van der Waals surface area contributed by atoms with Crippen LogP contribution in [0.25, 0.3) is 11.1 Å². The van der Waals surface area contributed by atoms with Gasteiger partial charge in [-0.05, 0) is 127 Å². The van der Waals surface area contributed by atoms with Crippen molar-refractivity contribution in [3.8, 4) is 11.1 Å². The number of anilines is 2. The van der Waals surface area contributed by atoms with Gasteiger partial charge in [0.2, 0.25) is 0 Å². The van der Waals surface area contributed by atoms with Gasteiger partial charge in [-0.2, -0.15) is 0 Å². The lowest BCUT2D eigenvalue weighted by atomic mass is 9.80. The summed E-state index contributed by atoms with van der Waals surface area (Å²) in [6.07, 6.45) is -0.0972. The summed E-state index contributed by atoms with van der Waals surface area (Å²) in [5.41, 5.74) is 15.7. The molecule has 2 heterocycles. The Bertz CT molecular complexity index is 2580. The van der Waals surface area contributed by atoms with E-state index in [-0.39, 0.29) is 57.8 Å². The first kappa shape index (κ1) is 54.1. The summed E-state index contributed by atoms with van der Waals surface area (Å²) in [7, 11) is 0. The van der Waals surface area contributed by atoms with Crippen LogP contribution in [0, 0.1) is 13.8 Å². The molecule has 390 valence electrons. The number of ether oxygens (including phenoxy) is 2. The molecule has 8 heteroatoms. The molecule has 74 heavy (non-hydrogen) atoms. The molecule has 6 aromatic carbocycles. The van der Waals surface area contributed by atoms with Gasteiger partial charge in [-0.25, -0.2) is 9.59 Å². The number of amides is 2. The summed E-state index contributed by atoms with van der Waals surface area (Å²) in [5, 5.41) is 13.5. The van der Waals surface area contributed by atoms with Gasteiger partial charge in [-0.3, -0.25) is 10.6 Å². The van der Waals surface area contributed by atoms with Crippen molar-refractivity contribution in [1.29, 1.82) is 0 Å². The number of benzene rings is 6. The molecule has 0 bridgehead atoms. The molecule has 0 spiro atoms.